The third-order valence-electron chi connectivity index (χ3n) is 8.13. The average Bonchev–Trinajstić information content (AvgIpc) is 3.01. The molecule has 3 fully saturated rings. The molecule has 2 bridgehead atoms. The zero-order valence-electron chi connectivity index (χ0n) is 23.2. The molecule has 0 radical (unpaired) electrons. The van der Waals surface area contributed by atoms with E-state index in [1.165, 1.54) is 12.4 Å². The number of pyridine rings is 2. The first-order valence-corrected chi connectivity index (χ1v) is 14.9. The quantitative estimate of drug-likeness (QED) is 0.301. The van der Waals surface area contributed by atoms with Gasteiger partial charge in [-0.05, 0) is 67.3 Å². The number of aryl methyl sites for hydroxylation is 1. The van der Waals surface area contributed by atoms with Crippen molar-refractivity contribution in [1.29, 1.82) is 0 Å². The second-order valence-electron chi connectivity index (χ2n) is 10.9. The lowest BCUT2D eigenvalue weighted by Gasteiger charge is -2.50. The molecule has 1 aromatic carbocycles. The lowest BCUT2D eigenvalue weighted by molar-refractivity contribution is -0.154. The molecule has 4 heterocycles. The minimum Gasteiger partial charge on any atom is -0.480 e. The number of carboxylic acids is 1. The first-order chi connectivity index (χ1) is 20.7. The highest BCUT2D eigenvalue weighted by Crippen LogP contribution is 2.40. The molecule has 43 heavy (non-hydrogen) atoms. The fraction of sp³-hybridized carbons (Fsp3) is 0.355. The normalized spacial score (nSPS) is 19.9. The minimum atomic E-state index is -1.20. The Bertz CT molecular complexity index is 1480. The van der Waals surface area contributed by atoms with Crippen LogP contribution in [0.4, 0.5) is 5.69 Å². The van der Waals surface area contributed by atoms with E-state index in [4.69, 9.17) is 23.2 Å². The Balaban J connectivity index is 1.23. The second-order valence-corrected chi connectivity index (χ2v) is 11.7. The van der Waals surface area contributed by atoms with E-state index in [9.17, 15) is 24.3 Å². The summed E-state index contributed by atoms with van der Waals surface area (Å²) in [5.74, 6) is -2.24. The van der Waals surface area contributed by atoms with Crippen LogP contribution in [0.25, 0.3) is 0 Å². The van der Waals surface area contributed by atoms with Crippen LogP contribution in [-0.4, -0.2) is 61.8 Å². The summed E-state index contributed by atoms with van der Waals surface area (Å²) in [6.45, 7) is 0. The molecular weight excluding hydrogens is 593 g/mol. The van der Waals surface area contributed by atoms with Crippen molar-refractivity contribution in [2.24, 2.45) is 5.92 Å². The Morgan fingerprint density at radius 3 is 2.26 bits per heavy atom. The van der Waals surface area contributed by atoms with Crippen LogP contribution < -0.4 is 10.6 Å². The Kier molecular flexibility index (Phi) is 9.57. The standard InChI is InChI=1S/C31H31Cl2N5O5/c32-23-16-35-17-24(33)27(23)29(40)36-21-8-3-18(4-9-21)14-25(31(42)43)37-30(41)28-20-6-10-22(11-7-20)38(28)26(39)12-5-19-2-1-13-34-15-19/h1-4,8-9,13,15-17,20,22,25,28H,5-7,10-12,14H2,(H,36,40)(H,37,41)(H,42,43). The topological polar surface area (TPSA) is 142 Å². The van der Waals surface area contributed by atoms with Crippen molar-refractivity contribution in [3.8, 4) is 0 Å². The van der Waals surface area contributed by atoms with Gasteiger partial charge in [0.05, 0.1) is 15.6 Å². The SMILES string of the molecule is O=C(Nc1ccc(CC(NC(=O)C2C3CCC(CC3)N2C(=O)CCc2cccnc2)C(=O)O)cc1)c1c(Cl)cncc1Cl. The van der Waals surface area contributed by atoms with Gasteiger partial charge in [0, 0.05) is 49.4 Å². The van der Waals surface area contributed by atoms with Crippen LogP contribution in [0.3, 0.4) is 0 Å². The first-order valence-electron chi connectivity index (χ1n) is 14.1. The number of hydrogen-bond acceptors (Lipinski definition) is 6. The average molecular weight is 625 g/mol. The third-order valence-corrected chi connectivity index (χ3v) is 8.71. The number of benzene rings is 1. The van der Waals surface area contributed by atoms with Gasteiger partial charge in [-0.1, -0.05) is 41.4 Å². The van der Waals surface area contributed by atoms with Crippen LogP contribution in [0.1, 0.15) is 53.6 Å². The summed E-state index contributed by atoms with van der Waals surface area (Å²) in [7, 11) is 0. The van der Waals surface area contributed by atoms with Crippen LogP contribution in [0.5, 0.6) is 0 Å². The molecule has 3 amide bonds. The Hall–Kier alpha value is -4.02. The Morgan fingerprint density at radius 1 is 0.930 bits per heavy atom. The smallest absolute Gasteiger partial charge is 0.326 e. The van der Waals surface area contributed by atoms with E-state index in [0.717, 1.165) is 31.2 Å². The van der Waals surface area contributed by atoms with E-state index < -0.39 is 29.9 Å². The molecule has 1 aliphatic carbocycles. The predicted molar refractivity (Wildman–Crippen MR) is 161 cm³/mol. The van der Waals surface area contributed by atoms with E-state index in [-0.39, 0.29) is 46.3 Å². The van der Waals surface area contributed by atoms with E-state index >= 15 is 0 Å². The summed E-state index contributed by atoms with van der Waals surface area (Å²) in [5, 5.41) is 15.6. The number of carbonyl (C=O) groups is 4. The molecule has 3 aliphatic rings. The number of piperidine rings is 2. The maximum absolute atomic E-state index is 13.6. The molecule has 2 atom stereocenters. The molecular formula is C31H31Cl2N5O5. The number of anilines is 1. The number of aromatic nitrogens is 2. The van der Waals surface area contributed by atoms with Crippen LogP contribution in [0, 0.1) is 5.92 Å². The summed E-state index contributed by atoms with van der Waals surface area (Å²) in [4.78, 5) is 61.5. The minimum absolute atomic E-state index is 0.00733. The van der Waals surface area contributed by atoms with Crippen LogP contribution >= 0.6 is 23.2 Å². The maximum Gasteiger partial charge on any atom is 0.326 e. The largest absolute Gasteiger partial charge is 0.480 e. The first kappa shape index (κ1) is 30.4. The lowest BCUT2D eigenvalue weighted by atomic mass is 9.74. The summed E-state index contributed by atoms with van der Waals surface area (Å²) in [6.07, 6.45) is 10.2. The zero-order valence-corrected chi connectivity index (χ0v) is 24.7. The zero-order chi connectivity index (χ0) is 30.5. The molecule has 3 aromatic rings. The Morgan fingerprint density at radius 2 is 1.63 bits per heavy atom. The van der Waals surface area contributed by atoms with Gasteiger partial charge in [-0.3, -0.25) is 24.4 Å². The maximum atomic E-state index is 13.6. The number of nitrogens with one attached hydrogen (secondary N) is 2. The lowest BCUT2D eigenvalue weighted by Crippen LogP contribution is -2.64. The highest BCUT2D eigenvalue weighted by molar-refractivity contribution is 6.40. The van der Waals surface area contributed by atoms with E-state index in [0.29, 0.717) is 17.7 Å². The fourth-order valence-corrected chi connectivity index (χ4v) is 6.55. The van der Waals surface area contributed by atoms with Crippen molar-refractivity contribution >= 4 is 52.6 Å². The van der Waals surface area contributed by atoms with Gasteiger partial charge in [0.25, 0.3) is 5.91 Å². The molecule has 10 nitrogen and oxygen atoms in total. The van der Waals surface area contributed by atoms with E-state index in [2.05, 4.69) is 20.6 Å². The summed E-state index contributed by atoms with van der Waals surface area (Å²) in [6, 6.07) is 8.41. The molecule has 1 saturated carbocycles. The van der Waals surface area contributed by atoms with Crippen molar-refractivity contribution in [2.75, 3.05) is 5.32 Å². The number of fused-ring (bicyclic) bond motifs is 3. The van der Waals surface area contributed by atoms with Gasteiger partial charge in [0.15, 0.2) is 0 Å². The van der Waals surface area contributed by atoms with Crippen molar-refractivity contribution in [2.45, 2.75) is 63.1 Å². The number of amides is 3. The van der Waals surface area contributed by atoms with Crippen molar-refractivity contribution in [3.05, 3.63) is 87.9 Å². The molecule has 6 rings (SSSR count). The number of nitrogens with zero attached hydrogens (tertiary/aromatic N) is 3. The van der Waals surface area contributed by atoms with Crippen molar-refractivity contribution in [1.82, 2.24) is 20.2 Å². The number of carbonyl (C=O) groups excluding carboxylic acids is 3. The molecule has 3 N–H and O–H groups in total. The van der Waals surface area contributed by atoms with Crippen molar-refractivity contribution < 1.29 is 24.3 Å². The van der Waals surface area contributed by atoms with Gasteiger partial charge in [0.2, 0.25) is 11.8 Å². The fourth-order valence-electron chi connectivity index (χ4n) is 6.01. The van der Waals surface area contributed by atoms with Crippen LogP contribution in [-0.2, 0) is 27.2 Å². The number of aliphatic carboxylic acids is 1. The summed E-state index contributed by atoms with van der Waals surface area (Å²) < 4.78 is 0. The van der Waals surface area contributed by atoms with Gasteiger partial charge in [-0.15, -0.1) is 0 Å². The van der Waals surface area contributed by atoms with Gasteiger partial charge in [-0.2, -0.15) is 0 Å². The van der Waals surface area contributed by atoms with E-state index in [1.54, 1.807) is 41.6 Å². The molecule has 0 spiro atoms. The molecule has 2 aromatic heterocycles. The third kappa shape index (κ3) is 7.14. The highest BCUT2D eigenvalue weighted by Gasteiger charge is 2.47. The molecule has 224 valence electrons. The number of halogens is 2. The second kappa shape index (κ2) is 13.5. The number of carboxylic acid groups (broad SMARTS) is 1. The van der Waals surface area contributed by atoms with Gasteiger partial charge in [-0.25, -0.2) is 4.79 Å². The molecule has 2 saturated heterocycles. The Labute approximate surface area is 258 Å². The number of hydrogen-bond donors (Lipinski definition) is 3. The van der Waals surface area contributed by atoms with Gasteiger partial charge < -0.3 is 20.6 Å². The van der Waals surface area contributed by atoms with Crippen LogP contribution in [0.2, 0.25) is 10.0 Å². The highest BCUT2D eigenvalue weighted by atomic mass is 35.5. The predicted octanol–water partition coefficient (Wildman–Crippen LogP) is 4.55. The molecule has 12 heteroatoms. The van der Waals surface area contributed by atoms with Crippen LogP contribution in [0.15, 0.2) is 61.2 Å². The summed E-state index contributed by atoms with van der Waals surface area (Å²) in [5.41, 5.74) is 2.13. The number of rotatable bonds is 10. The molecule has 2 unspecified atom stereocenters. The monoisotopic (exact) mass is 623 g/mol. The van der Waals surface area contributed by atoms with Gasteiger partial charge in [0.1, 0.15) is 12.1 Å². The van der Waals surface area contributed by atoms with Crippen molar-refractivity contribution in [3.63, 3.8) is 0 Å². The van der Waals surface area contributed by atoms with Gasteiger partial charge >= 0.3 is 5.97 Å². The summed E-state index contributed by atoms with van der Waals surface area (Å²) >= 11 is 12.1. The molecule has 2 aliphatic heterocycles. The van der Waals surface area contributed by atoms with E-state index in [1.807, 2.05) is 12.1 Å².